The Morgan fingerprint density at radius 2 is 1.86 bits per heavy atom. The first-order chi connectivity index (χ1) is 10.1. The molecule has 0 atom stereocenters. The largest absolute Gasteiger partial charge is 0.490 e. The van der Waals surface area contributed by atoms with Gasteiger partial charge in [0.15, 0.2) is 0 Å². The van der Waals surface area contributed by atoms with Gasteiger partial charge in [-0.2, -0.15) is 5.26 Å². The third-order valence-electron chi connectivity index (χ3n) is 4.24. The predicted molar refractivity (Wildman–Crippen MR) is 85.6 cm³/mol. The Labute approximate surface area is 128 Å². The lowest BCUT2D eigenvalue weighted by Gasteiger charge is -2.32. The molecule has 0 aliphatic carbocycles. The summed E-state index contributed by atoms with van der Waals surface area (Å²) in [5.74, 6) is 0.973. The van der Waals surface area contributed by atoms with Crippen LogP contribution in [0, 0.1) is 25.2 Å². The third kappa shape index (κ3) is 4.22. The smallest absolute Gasteiger partial charge is 0.125 e. The van der Waals surface area contributed by atoms with Crippen LogP contribution < -0.4 is 4.74 Å². The summed E-state index contributed by atoms with van der Waals surface area (Å²) >= 11 is 0. The van der Waals surface area contributed by atoms with E-state index in [4.69, 9.17) is 10.00 Å². The molecule has 0 saturated carbocycles. The van der Waals surface area contributed by atoms with Gasteiger partial charge in [-0.1, -0.05) is 13.3 Å². The van der Waals surface area contributed by atoms with Gasteiger partial charge in [0.1, 0.15) is 11.9 Å². The maximum absolute atomic E-state index is 9.00. The number of likely N-dealkylation sites (tertiary alicyclic amines) is 1. The zero-order chi connectivity index (χ0) is 15.2. The maximum atomic E-state index is 9.00. The molecule has 3 heteroatoms. The number of benzene rings is 1. The predicted octanol–water partition coefficient (Wildman–Crippen LogP) is 3.82. The molecule has 0 unspecified atom stereocenters. The number of aryl methyl sites for hydroxylation is 2. The molecule has 0 amide bonds. The number of nitrogens with zero attached hydrogens (tertiary/aromatic N) is 2. The van der Waals surface area contributed by atoms with Crippen molar-refractivity contribution in [2.45, 2.75) is 52.6 Å². The van der Waals surface area contributed by atoms with Gasteiger partial charge in [0, 0.05) is 13.1 Å². The first-order valence-electron chi connectivity index (χ1n) is 8.04. The van der Waals surface area contributed by atoms with E-state index in [1.165, 1.54) is 19.4 Å². The number of piperidine rings is 1. The second-order valence-electron chi connectivity index (χ2n) is 6.06. The van der Waals surface area contributed by atoms with Crippen molar-refractivity contribution in [1.29, 1.82) is 5.26 Å². The third-order valence-corrected chi connectivity index (χ3v) is 4.24. The van der Waals surface area contributed by atoms with E-state index in [-0.39, 0.29) is 0 Å². The molecule has 114 valence electrons. The molecule has 0 bridgehead atoms. The lowest BCUT2D eigenvalue weighted by Crippen LogP contribution is -2.38. The Bertz CT molecular complexity index is 487. The summed E-state index contributed by atoms with van der Waals surface area (Å²) in [5.41, 5.74) is 2.85. The average molecular weight is 286 g/mol. The van der Waals surface area contributed by atoms with Crippen molar-refractivity contribution in [3.05, 3.63) is 28.8 Å². The quantitative estimate of drug-likeness (QED) is 0.825. The summed E-state index contributed by atoms with van der Waals surface area (Å²) in [6, 6.07) is 6.03. The molecule has 0 spiro atoms. The van der Waals surface area contributed by atoms with Crippen LogP contribution in [0.2, 0.25) is 0 Å². The molecular formula is C18H26N2O. The Hall–Kier alpha value is -1.53. The van der Waals surface area contributed by atoms with Crippen LogP contribution in [0.1, 0.15) is 49.3 Å². The second kappa shape index (κ2) is 7.47. The molecule has 21 heavy (non-hydrogen) atoms. The molecule has 1 heterocycles. The molecule has 0 aromatic heterocycles. The summed E-state index contributed by atoms with van der Waals surface area (Å²) in [4.78, 5) is 2.54. The zero-order valence-electron chi connectivity index (χ0n) is 13.5. The number of unbranched alkanes of at least 4 members (excludes halogenated alkanes) is 1. The van der Waals surface area contributed by atoms with Crippen LogP contribution >= 0.6 is 0 Å². The Morgan fingerprint density at radius 1 is 1.24 bits per heavy atom. The van der Waals surface area contributed by atoms with Gasteiger partial charge in [0.25, 0.3) is 0 Å². The van der Waals surface area contributed by atoms with Gasteiger partial charge in [-0.25, -0.2) is 0 Å². The van der Waals surface area contributed by atoms with Crippen LogP contribution in [0.5, 0.6) is 5.75 Å². The minimum atomic E-state index is 0.313. The summed E-state index contributed by atoms with van der Waals surface area (Å²) in [7, 11) is 0. The monoisotopic (exact) mass is 286 g/mol. The first kappa shape index (κ1) is 15.9. The van der Waals surface area contributed by atoms with E-state index < -0.39 is 0 Å². The topological polar surface area (TPSA) is 36.3 Å². The van der Waals surface area contributed by atoms with Crippen molar-refractivity contribution in [1.82, 2.24) is 4.90 Å². The molecule has 1 aromatic carbocycles. The highest BCUT2D eigenvalue weighted by atomic mass is 16.5. The molecule has 0 radical (unpaired) electrons. The summed E-state index contributed by atoms with van der Waals surface area (Å²) in [5, 5.41) is 9.00. The van der Waals surface area contributed by atoms with E-state index in [0.29, 0.717) is 11.7 Å². The Balaban J connectivity index is 1.93. The average Bonchev–Trinajstić information content (AvgIpc) is 2.49. The van der Waals surface area contributed by atoms with Crippen molar-refractivity contribution in [3.63, 3.8) is 0 Å². The van der Waals surface area contributed by atoms with Gasteiger partial charge in [-0.3, -0.25) is 0 Å². The lowest BCUT2D eigenvalue weighted by molar-refractivity contribution is 0.0987. The van der Waals surface area contributed by atoms with Crippen molar-refractivity contribution in [2.24, 2.45) is 0 Å². The fourth-order valence-corrected chi connectivity index (χ4v) is 3.00. The van der Waals surface area contributed by atoms with Crippen molar-refractivity contribution < 1.29 is 4.74 Å². The number of hydrogen-bond donors (Lipinski definition) is 0. The van der Waals surface area contributed by atoms with E-state index in [1.54, 1.807) is 0 Å². The molecule has 2 rings (SSSR count). The van der Waals surface area contributed by atoms with Gasteiger partial charge in [-0.05, 0) is 62.9 Å². The summed E-state index contributed by atoms with van der Waals surface area (Å²) in [6.45, 7) is 9.79. The minimum absolute atomic E-state index is 0.313. The lowest BCUT2D eigenvalue weighted by atomic mass is 10.0. The highest BCUT2D eigenvalue weighted by molar-refractivity contribution is 5.47. The number of rotatable bonds is 5. The normalized spacial score (nSPS) is 16.7. The molecule has 1 saturated heterocycles. The van der Waals surface area contributed by atoms with Gasteiger partial charge in [0.05, 0.1) is 11.6 Å². The van der Waals surface area contributed by atoms with Crippen LogP contribution in [0.4, 0.5) is 0 Å². The second-order valence-corrected chi connectivity index (χ2v) is 6.06. The van der Waals surface area contributed by atoms with Crippen LogP contribution in [0.15, 0.2) is 12.1 Å². The fourth-order valence-electron chi connectivity index (χ4n) is 3.00. The standard InChI is InChI=1S/C18H26N2O/c1-4-5-8-20-9-6-17(7-10-20)21-18-14(2)11-16(13-19)12-15(18)3/h11-12,17H,4-10H2,1-3H3. The van der Waals surface area contributed by atoms with Gasteiger partial charge < -0.3 is 9.64 Å². The van der Waals surface area contributed by atoms with Crippen LogP contribution in [0.3, 0.4) is 0 Å². The highest BCUT2D eigenvalue weighted by Crippen LogP contribution is 2.28. The molecule has 3 nitrogen and oxygen atoms in total. The van der Waals surface area contributed by atoms with Crippen LogP contribution in [-0.4, -0.2) is 30.6 Å². The van der Waals surface area contributed by atoms with E-state index in [1.807, 2.05) is 26.0 Å². The number of ether oxygens (including phenoxy) is 1. The summed E-state index contributed by atoms with van der Waals surface area (Å²) < 4.78 is 6.23. The molecule has 0 N–H and O–H groups in total. The summed E-state index contributed by atoms with van der Waals surface area (Å²) in [6.07, 6.45) is 5.07. The van der Waals surface area contributed by atoms with Gasteiger partial charge in [0.2, 0.25) is 0 Å². The van der Waals surface area contributed by atoms with Crippen molar-refractivity contribution in [2.75, 3.05) is 19.6 Å². The van der Waals surface area contributed by atoms with Crippen LogP contribution in [-0.2, 0) is 0 Å². The van der Waals surface area contributed by atoms with Crippen molar-refractivity contribution >= 4 is 0 Å². The van der Waals surface area contributed by atoms with Crippen molar-refractivity contribution in [3.8, 4) is 11.8 Å². The van der Waals surface area contributed by atoms with E-state index in [0.717, 1.165) is 42.8 Å². The molecule has 1 aromatic rings. The fraction of sp³-hybridized carbons (Fsp3) is 0.611. The van der Waals surface area contributed by atoms with Gasteiger partial charge >= 0.3 is 0 Å². The molecule has 1 aliphatic heterocycles. The minimum Gasteiger partial charge on any atom is -0.490 e. The van der Waals surface area contributed by atoms with Crippen LogP contribution in [0.25, 0.3) is 0 Å². The highest BCUT2D eigenvalue weighted by Gasteiger charge is 2.21. The molecular weight excluding hydrogens is 260 g/mol. The maximum Gasteiger partial charge on any atom is 0.125 e. The SMILES string of the molecule is CCCCN1CCC(Oc2c(C)cc(C#N)cc2C)CC1. The first-order valence-corrected chi connectivity index (χ1v) is 8.04. The van der Waals surface area contributed by atoms with E-state index in [9.17, 15) is 0 Å². The number of hydrogen-bond acceptors (Lipinski definition) is 3. The van der Waals surface area contributed by atoms with Gasteiger partial charge in [-0.15, -0.1) is 0 Å². The number of nitriles is 1. The Morgan fingerprint density at radius 3 is 2.38 bits per heavy atom. The zero-order valence-corrected chi connectivity index (χ0v) is 13.5. The van der Waals surface area contributed by atoms with E-state index in [2.05, 4.69) is 17.9 Å². The van der Waals surface area contributed by atoms with E-state index >= 15 is 0 Å². The molecule has 1 aliphatic rings. The molecule has 1 fully saturated rings. The Kier molecular flexibility index (Phi) is 5.64.